The Bertz CT molecular complexity index is 914. The van der Waals surface area contributed by atoms with Crippen LogP contribution in [0.25, 0.3) is 22.3 Å². The number of aryl methyl sites for hydroxylation is 1. The average molecular weight is 437 g/mol. The molecule has 0 aliphatic carbocycles. The van der Waals surface area contributed by atoms with Crippen molar-refractivity contribution in [3.05, 3.63) is 29.0 Å². The lowest BCUT2D eigenvalue weighted by atomic mass is 10.2. The Labute approximate surface area is 163 Å². The molecule has 6 nitrogen and oxygen atoms in total. The van der Waals surface area contributed by atoms with Gasteiger partial charge in [0.15, 0.2) is 0 Å². The highest BCUT2D eigenvalue weighted by Crippen LogP contribution is 2.40. The maximum atomic E-state index is 6.03. The molecule has 0 fully saturated rings. The average Bonchev–Trinajstić information content (AvgIpc) is 3.08. The van der Waals surface area contributed by atoms with Crippen molar-refractivity contribution < 1.29 is 9.47 Å². The molecule has 0 radical (unpaired) electrons. The van der Waals surface area contributed by atoms with E-state index in [0.717, 1.165) is 39.4 Å². The van der Waals surface area contributed by atoms with E-state index in [1.165, 1.54) is 0 Å². The lowest BCUT2D eigenvalue weighted by Gasteiger charge is -2.16. The molecular weight excluding hydrogens is 412 g/mol. The molecule has 0 bridgehead atoms. The smallest absolute Gasteiger partial charge is 0.242 e. The molecule has 3 aromatic heterocycles. The van der Waals surface area contributed by atoms with E-state index in [1.54, 1.807) is 18.0 Å². The zero-order chi connectivity index (χ0) is 18.9. The van der Waals surface area contributed by atoms with Crippen molar-refractivity contribution in [3.63, 3.8) is 0 Å². The van der Waals surface area contributed by atoms with Crippen molar-refractivity contribution in [1.29, 1.82) is 0 Å². The van der Waals surface area contributed by atoms with Crippen LogP contribution in [0.3, 0.4) is 0 Å². The Balaban J connectivity index is 2.03. The summed E-state index contributed by atoms with van der Waals surface area (Å²) in [4.78, 5) is 4.57. The highest BCUT2D eigenvalue weighted by molar-refractivity contribution is 9.10. The van der Waals surface area contributed by atoms with Crippen molar-refractivity contribution in [2.24, 2.45) is 7.05 Å². The number of aromatic nitrogens is 4. The van der Waals surface area contributed by atoms with Gasteiger partial charge >= 0.3 is 0 Å². The monoisotopic (exact) mass is 436 g/mol. The highest BCUT2D eigenvalue weighted by atomic mass is 79.9. The van der Waals surface area contributed by atoms with E-state index < -0.39 is 8.07 Å². The van der Waals surface area contributed by atoms with Gasteiger partial charge < -0.3 is 9.47 Å². The van der Waals surface area contributed by atoms with Crippen molar-refractivity contribution in [2.75, 3.05) is 13.7 Å². The molecule has 3 heterocycles. The molecule has 0 aromatic carbocycles. The Morgan fingerprint density at radius 1 is 1.27 bits per heavy atom. The summed E-state index contributed by atoms with van der Waals surface area (Å²) in [6, 6.07) is 5.12. The van der Waals surface area contributed by atoms with Gasteiger partial charge in [0.05, 0.1) is 22.8 Å². The third-order valence-electron chi connectivity index (χ3n) is 4.22. The van der Waals surface area contributed by atoms with Gasteiger partial charge in [-0.15, -0.1) is 5.10 Å². The van der Waals surface area contributed by atoms with Gasteiger partial charge in [-0.1, -0.05) is 19.6 Å². The van der Waals surface area contributed by atoms with Gasteiger partial charge in [-0.3, -0.25) is 9.25 Å². The Morgan fingerprint density at radius 2 is 2.04 bits per heavy atom. The van der Waals surface area contributed by atoms with Crippen molar-refractivity contribution in [3.8, 4) is 17.1 Å². The van der Waals surface area contributed by atoms with Gasteiger partial charge in [0.25, 0.3) is 0 Å². The van der Waals surface area contributed by atoms with Crippen molar-refractivity contribution in [1.82, 2.24) is 19.3 Å². The molecule has 0 saturated heterocycles. The van der Waals surface area contributed by atoms with Crippen molar-refractivity contribution >= 4 is 35.0 Å². The summed E-state index contributed by atoms with van der Waals surface area (Å²) in [7, 11) is 2.39. The molecule has 0 aliphatic rings. The fourth-order valence-electron chi connectivity index (χ4n) is 2.84. The quantitative estimate of drug-likeness (QED) is 0.403. The van der Waals surface area contributed by atoms with E-state index in [0.29, 0.717) is 12.6 Å². The van der Waals surface area contributed by atoms with E-state index in [4.69, 9.17) is 9.47 Å². The number of hydrogen-bond donors (Lipinski definition) is 0. The Hall–Kier alpha value is -1.64. The van der Waals surface area contributed by atoms with Crippen molar-refractivity contribution in [2.45, 2.75) is 32.4 Å². The predicted octanol–water partition coefficient (Wildman–Crippen LogP) is 4.52. The molecule has 0 aliphatic heterocycles. The molecule has 0 atom stereocenters. The first-order valence-corrected chi connectivity index (χ1v) is 13.1. The van der Waals surface area contributed by atoms with E-state index in [-0.39, 0.29) is 0 Å². The van der Waals surface area contributed by atoms with Crippen LogP contribution in [0.4, 0.5) is 0 Å². The number of methoxy groups -OCH3 is 1. The maximum absolute atomic E-state index is 6.03. The molecule has 3 aromatic rings. The Morgan fingerprint density at radius 3 is 2.73 bits per heavy atom. The molecule has 0 spiro atoms. The van der Waals surface area contributed by atoms with E-state index in [9.17, 15) is 0 Å². The molecule has 0 saturated carbocycles. The van der Waals surface area contributed by atoms with Crippen LogP contribution in [-0.4, -0.2) is 41.1 Å². The zero-order valence-electron chi connectivity index (χ0n) is 15.9. The standard InChI is InChI=1S/C18H25BrN4O2Si/c1-22-11-14(18(21-22)24-2)16-15(19)13-7-6-8-20-17(13)23(16)12-25-9-10-26(3,4)5/h6-8,11H,9-10,12H2,1-5H3. The van der Waals surface area contributed by atoms with Gasteiger partial charge in [0.2, 0.25) is 5.88 Å². The molecule has 26 heavy (non-hydrogen) atoms. The lowest BCUT2D eigenvalue weighted by molar-refractivity contribution is 0.0908. The summed E-state index contributed by atoms with van der Waals surface area (Å²) in [5.74, 6) is 0.583. The first-order valence-electron chi connectivity index (χ1n) is 8.60. The summed E-state index contributed by atoms with van der Waals surface area (Å²) >= 11 is 3.75. The Kier molecular flexibility index (Phi) is 5.54. The minimum Gasteiger partial charge on any atom is -0.479 e. The first-order chi connectivity index (χ1) is 12.3. The number of rotatable bonds is 7. The van der Waals surface area contributed by atoms with Crippen LogP contribution < -0.4 is 4.74 Å². The van der Waals surface area contributed by atoms with Gasteiger partial charge in [-0.05, 0) is 34.1 Å². The third-order valence-corrected chi connectivity index (χ3v) is 6.72. The largest absolute Gasteiger partial charge is 0.479 e. The fourth-order valence-corrected chi connectivity index (χ4v) is 4.33. The summed E-state index contributed by atoms with van der Waals surface area (Å²) in [5.41, 5.74) is 2.76. The molecule has 0 amide bonds. The number of halogens is 1. The van der Waals surface area contributed by atoms with Crippen LogP contribution in [-0.2, 0) is 18.5 Å². The fraction of sp³-hybridized carbons (Fsp3) is 0.444. The number of nitrogens with zero attached hydrogens (tertiary/aromatic N) is 4. The number of ether oxygens (including phenoxy) is 2. The van der Waals surface area contributed by atoms with Crippen LogP contribution in [0.5, 0.6) is 5.88 Å². The number of fused-ring (bicyclic) bond motifs is 1. The van der Waals surface area contributed by atoms with E-state index in [1.807, 2.05) is 19.3 Å². The summed E-state index contributed by atoms with van der Waals surface area (Å²) in [6.07, 6.45) is 3.76. The summed E-state index contributed by atoms with van der Waals surface area (Å²) in [6.45, 7) is 8.25. The zero-order valence-corrected chi connectivity index (χ0v) is 18.5. The second kappa shape index (κ2) is 7.54. The third kappa shape index (κ3) is 3.87. The van der Waals surface area contributed by atoms with Gasteiger partial charge in [-0.25, -0.2) is 4.98 Å². The molecule has 3 rings (SSSR count). The second-order valence-corrected chi connectivity index (χ2v) is 14.0. The maximum Gasteiger partial charge on any atom is 0.242 e. The van der Waals surface area contributed by atoms with Crippen LogP contribution in [0, 0.1) is 0 Å². The van der Waals surface area contributed by atoms with Crippen LogP contribution in [0.2, 0.25) is 25.7 Å². The van der Waals surface area contributed by atoms with Gasteiger partial charge in [-0.2, -0.15) is 0 Å². The van der Waals surface area contributed by atoms with E-state index in [2.05, 4.69) is 56.3 Å². The first kappa shape index (κ1) is 19.1. The van der Waals surface area contributed by atoms with Crippen LogP contribution in [0.1, 0.15) is 0 Å². The molecule has 0 unspecified atom stereocenters. The predicted molar refractivity (Wildman–Crippen MR) is 110 cm³/mol. The molecule has 0 N–H and O–H groups in total. The molecular formula is C18H25BrN4O2Si. The topological polar surface area (TPSA) is 54.1 Å². The number of pyridine rings is 1. The van der Waals surface area contributed by atoms with Gasteiger partial charge in [0, 0.05) is 39.5 Å². The minimum absolute atomic E-state index is 0.441. The molecule has 140 valence electrons. The minimum atomic E-state index is -1.13. The highest BCUT2D eigenvalue weighted by Gasteiger charge is 2.23. The molecule has 8 heteroatoms. The normalized spacial score (nSPS) is 12.1. The van der Waals surface area contributed by atoms with Crippen LogP contribution in [0.15, 0.2) is 29.0 Å². The number of hydrogen-bond acceptors (Lipinski definition) is 4. The SMILES string of the molecule is COc1nn(C)cc1-c1c(Br)c2cccnc2n1COCC[Si](C)(C)C. The van der Waals surface area contributed by atoms with E-state index >= 15 is 0 Å². The van der Waals surface area contributed by atoms with Crippen LogP contribution >= 0.6 is 15.9 Å². The summed E-state index contributed by atoms with van der Waals surface area (Å²) in [5, 5.41) is 5.43. The summed E-state index contributed by atoms with van der Waals surface area (Å²) < 4.78 is 16.3. The van der Waals surface area contributed by atoms with Gasteiger partial charge in [0.1, 0.15) is 12.4 Å². The second-order valence-electron chi connectivity index (χ2n) is 7.54. The lowest BCUT2D eigenvalue weighted by Crippen LogP contribution is -2.22.